The first-order chi connectivity index (χ1) is 13.0. The van der Waals surface area contributed by atoms with E-state index in [0.29, 0.717) is 17.7 Å². The molecule has 1 aliphatic rings. The number of aromatic hydroxyl groups is 2. The van der Waals surface area contributed by atoms with Gasteiger partial charge in [0.2, 0.25) is 0 Å². The van der Waals surface area contributed by atoms with Crippen molar-refractivity contribution in [1.29, 1.82) is 0 Å². The van der Waals surface area contributed by atoms with Crippen LogP contribution in [0.1, 0.15) is 29.3 Å². The maximum atomic E-state index is 13.9. The van der Waals surface area contributed by atoms with Crippen LogP contribution in [0.25, 0.3) is 0 Å². The molecule has 27 heavy (non-hydrogen) atoms. The Bertz CT molecular complexity index is 971. The van der Waals surface area contributed by atoms with Gasteiger partial charge in [-0.25, -0.2) is 8.78 Å². The molecule has 3 aromatic rings. The normalized spacial score (nSPS) is 17.5. The maximum absolute atomic E-state index is 13.9. The summed E-state index contributed by atoms with van der Waals surface area (Å²) in [5, 5.41) is 19.7. The summed E-state index contributed by atoms with van der Waals surface area (Å²) < 4.78 is 29.5. The quantitative estimate of drug-likeness (QED) is 0.727. The third kappa shape index (κ3) is 3.40. The zero-order chi connectivity index (χ0) is 19.0. The van der Waals surface area contributed by atoms with Crippen LogP contribution in [0, 0.1) is 11.6 Å². The minimum atomic E-state index is -0.873. The highest BCUT2D eigenvalue weighted by atomic mass is 19.2. The molecule has 0 bridgehead atoms. The average molecular weight is 370 g/mol. The lowest BCUT2D eigenvalue weighted by Crippen LogP contribution is -2.29. The summed E-state index contributed by atoms with van der Waals surface area (Å²) in [6, 6.07) is 12.2. The van der Waals surface area contributed by atoms with E-state index >= 15 is 0 Å². The largest absolute Gasteiger partial charge is 0.508 e. The van der Waals surface area contributed by atoms with Crippen LogP contribution in [0.4, 0.5) is 8.78 Å². The van der Waals surface area contributed by atoms with E-state index in [2.05, 4.69) is 9.47 Å². The SMILES string of the molecule is Oc1ccc(CN2CCCn3cccc3C2c2ccc(F)c(F)c2)c(O)c1. The van der Waals surface area contributed by atoms with E-state index in [1.165, 1.54) is 18.2 Å². The minimum Gasteiger partial charge on any atom is -0.508 e. The van der Waals surface area contributed by atoms with E-state index in [0.717, 1.165) is 31.3 Å². The fraction of sp³-hybridized carbons (Fsp3) is 0.238. The molecule has 0 radical (unpaired) electrons. The van der Waals surface area contributed by atoms with Crippen molar-refractivity contribution in [3.05, 3.63) is 83.2 Å². The van der Waals surface area contributed by atoms with E-state index in [4.69, 9.17) is 0 Å². The second-order valence-corrected chi connectivity index (χ2v) is 6.84. The monoisotopic (exact) mass is 370 g/mol. The van der Waals surface area contributed by atoms with Crippen LogP contribution < -0.4 is 0 Å². The lowest BCUT2D eigenvalue weighted by Gasteiger charge is -2.31. The number of aryl methyl sites for hydroxylation is 1. The molecule has 0 saturated heterocycles. The number of phenols is 2. The predicted molar refractivity (Wildman–Crippen MR) is 97.4 cm³/mol. The number of nitrogens with zero attached hydrogens (tertiary/aromatic N) is 2. The molecule has 6 heteroatoms. The second kappa shape index (κ2) is 7.04. The molecular formula is C21H20F2N2O2. The van der Waals surface area contributed by atoms with E-state index in [-0.39, 0.29) is 17.5 Å². The fourth-order valence-electron chi connectivity index (χ4n) is 3.78. The summed E-state index contributed by atoms with van der Waals surface area (Å²) >= 11 is 0. The highest BCUT2D eigenvalue weighted by Crippen LogP contribution is 2.35. The summed E-state index contributed by atoms with van der Waals surface area (Å²) in [6.07, 6.45) is 2.88. The van der Waals surface area contributed by atoms with Crippen molar-refractivity contribution in [2.24, 2.45) is 0 Å². The summed E-state index contributed by atoms with van der Waals surface area (Å²) in [7, 11) is 0. The van der Waals surface area contributed by atoms with Gasteiger partial charge in [0.05, 0.1) is 6.04 Å². The average Bonchev–Trinajstić information content (AvgIpc) is 3.01. The summed E-state index contributed by atoms with van der Waals surface area (Å²) in [5.41, 5.74) is 2.33. The van der Waals surface area contributed by atoms with Crippen LogP contribution in [0.2, 0.25) is 0 Å². The summed E-state index contributed by atoms with van der Waals surface area (Å²) in [5.74, 6) is -1.73. The van der Waals surface area contributed by atoms with Gasteiger partial charge in [-0.2, -0.15) is 0 Å². The molecule has 1 unspecified atom stereocenters. The van der Waals surface area contributed by atoms with Crippen molar-refractivity contribution < 1.29 is 19.0 Å². The number of hydrogen-bond acceptors (Lipinski definition) is 3. The summed E-state index contributed by atoms with van der Waals surface area (Å²) in [4.78, 5) is 2.14. The van der Waals surface area contributed by atoms with Gasteiger partial charge < -0.3 is 14.8 Å². The first kappa shape index (κ1) is 17.5. The Hall–Kier alpha value is -2.86. The van der Waals surface area contributed by atoms with Gasteiger partial charge in [0.15, 0.2) is 11.6 Å². The molecule has 0 spiro atoms. The Morgan fingerprint density at radius 2 is 1.81 bits per heavy atom. The van der Waals surface area contributed by atoms with E-state index in [1.54, 1.807) is 12.1 Å². The van der Waals surface area contributed by atoms with E-state index in [1.807, 2.05) is 18.3 Å². The van der Waals surface area contributed by atoms with Crippen molar-refractivity contribution in [2.75, 3.05) is 6.54 Å². The van der Waals surface area contributed by atoms with Gasteiger partial charge in [-0.05, 0) is 42.3 Å². The molecule has 0 saturated carbocycles. The molecule has 4 nitrogen and oxygen atoms in total. The molecule has 2 N–H and O–H groups in total. The molecule has 1 aliphatic heterocycles. The van der Waals surface area contributed by atoms with Crippen LogP contribution in [0.3, 0.4) is 0 Å². The maximum Gasteiger partial charge on any atom is 0.159 e. The van der Waals surface area contributed by atoms with Gasteiger partial charge >= 0.3 is 0 Å². The third-order valence-corrected chi connectivity index (χ3v) is 5.06. The Morgan fingerprint density at radius 1 is 0.963 bits per heavy atom. The Labute approximate surface area is 155 Å². The molecule has 4 rings (SSSR count). The molecule has 140 valence electrons. The molecule has 1 atom stereocenters. The fourth-order valence-corrected chi connectivity index (χ4v) is 3.78. The number of halogens is 2. The van der Waals surface area contributed by atoms with Gasteiger partial charge in [0, 0.05) is 43.2 Å². The molecule has 2 heterocycles. The van der Waals surface area contributed by atoms with Gasteiger partial charge in [0.1, 0.15) is 11.5 Å². The topological polar surface area (TPSA) is 48.6 Å². The minimum absolute atomic E-state index is 0.00171. The zero-order valence-corrected chi connectivity index (χ0v) is 14.6. The van der Waals surface area contributed by atoms with Crippen LogP contribution in [-0.4, -0.2) is 26.2 Å². The standard InChI is InChI=1S/C21H20F2N2O2/c22-17-7-5-14(11-18(17)23)21-19-3-1-8-24(19)9-2-10-25(21)13-15-4-6-16(26)12-20(15)27/h1,3-8,11-12,21,26-27H,2,9-10,13H2. The number of phenolic OH excluding ortho intramolecular Hbond substituents is 2. The first-order valence-electron chi connectivity index (χ1n) is 8.88. The molecule has 1 aromatic heterocycles. The van der Waals surface area contributed by atoms with Crippen LogP contribution >= 0.6 is 0 Å². The highest BCUT2D eigenvalue weighted by Gasteiger charge is 2.28. The van der Waals surface area contributed by atoms with Crippen molar-refractivity contribution in [3.63, 3.8) is 0 Å². The second-order valence-electron chi connectivity index (χ2n) is 6.84. The van der Waals surface area contributed by atoms with Crippen molar-refractivity contribution in [2.45, 2.75) is 25.6 Å². The van der Waals surface area contributed by atoms with Gasteiger partial charge in [-0.1, -0.05) is 12.1 Å². The first-order valence-corrected chi connectivity index (χ1v) is 8.88. The number of rotatable bonds is 3. The third-order valence-electron chi connectivity index (χ3n) is 5.06. The highest BCUT2D eigenvalue weighted by molar-refractivity contribution is 5.39. The lowest BCUT2D eigenvalue weighted by molar-refractivity contribution is 0.217. The molecule has 0 fully saturated rings. The Balaban J connectivity index is 1.77. The van der Waals surface area contributed by atoms with Crippen LogP contribution in [0.5, 0.6) is 11.5 Å². The lowest BCUT2D eigenvalue weighted by atomic mass is 10.0. The predicted octanol–water partition coefficient (Wildman–Crippen LogP) is 4.17. The zero-order valence-electron chi connectivity index (χ0n) is 14.6. The number of hydrogen-bond donors (Lipinski definition) is 2. The van der Waals surface area contributed by atoms with E-state index in [9.17, 15) is 19.0 Å². The van der Waals surface area contributed by atoms with Crippen LogP contribution in [-0.2, 0) is 13.1 Å². The van der Waals surface area contributed by atoms with Gasteiger partial charge in [0.25, 0.3) is 0 Å². The van der Waals surface area contributed by atoms with Crippen molar-refractivity contribution in [3.8, 4) is 11.5 Å². The Kier molecular flexibility index (Phi) is 4.58. The van der Waals surface area contributed by atoms with Gasteiger partial charge in [-0.3, -0.25) is 4.90 Å². The molecule has 2 aromatic carbocycles. The molecule has 0 amide bonds. The number of benzene rings is 2. The van der Waals surface area contributed by atoms with Crippen LogP contribution in [0.15, 0.2) is 54.7 Å². The number of fused-ring (bicyclic) bond motifs is 1. The molecular weight excluding hydrogens is 350 g/mol. The summed E-state index contributed by atoms with van der Waals surface area (Å²) in [6.45, 7) is 1.98. The number of aromatic nitrogens is 1. The molecule has 0 aliphatic carbocycles. The van der Waals surface area contributed by atoms with E-state index < -0.39 is 11.6 Å². The smallest absolute Gasteiger partial charge is 0.159 e. The van der Waals surface area contributed by atoms with Crippen molar-refractivity contribution in [1.82, 2.24) is 9.47 Å². The Morgan fingerprint density at radius 3 is 2.59 bits per heavy atom. The van der Waals surface area contributed by atoms with Gasteiger partial charge in [-0.15, -0.1) is 0 Å². The van der Waals surface area contributed by atoms with Crippen molar-refractivity contribution >= 4 is 0 Å².